The Morgan fingerprint density at radius 1 is 1.15 bits per heavy atom. The van der Waals surface area contributed by atoms with Gasteiger partial charge in [0.25, 0.3) is 0 Å². The summed E-state index contributed by atoms with van der Waals surface area (Å²) < 4.78 is 5.68. The Labute approximate surface area is 169 Å². The summed E-state index contributed by atoms with van der Waals surface area (Å²) in [6, 6.07) is 16.2. The van der Waals surface area contributed by atoms with Gasteiger partial charge in [-0.3, -0.25) is 9.69 Å². The fraction of sp³-hybridized carbons (Fsp3) is 0.381. The minimum absolute atomic E-state index is 0.388. The third-order valence-corrected chi connectivity index (χ3v) is 5.71. The molecule has 1 atom stereocenters. The van der Waals surface area contributed by atoms with Crippen molar-refractivity contribution in [2.75, 3.05) is 38.2 Å². The number of carbonyl (C=O) groups is 1. The first-order valence-electron chi connectivity index (χ1n) is 9.20. The van der Waals surface area contributed by atoms with Crippen molar-refractivity contribution >= 4 is 27.6 Å². The Morgan fingerprint density at radius 3 is 2.48 bits per heavy atom. The molecule has 1 unspecified atom stereocenters. The molecule has 0 spiro atoms. The van der Waals surface area contributed by atoms with Gasteiger partial charge < -0.3 is 15.4 Å². The quantitative estimate of drug-likeness (QED) is 0.712. The summed E-state index contributed by atoms with van der Waals surface area (Å²) in [6.45, 7) is 5.09. The molecule has 2 N–H and O–H groups in total. The number of piperazine rings is 1. The molecule has 1 aliphatic rings. The van der Waals surface area contributed by atoms with Crippen molar-refractivity contribution in [3.05, 3.63) is 64.1 Å². The van der Waals surface area contributed by atoms with Crippen LogP contribution in [-0.4, -0.2) is 50.2 Å². The molecule has 5 nitrogen and oxygen atoms in total. The number of benzene rings is 2. The molecular weight excluding hydrogens is 406 g/mol. The number of nitrogens with zero attached hydrogens (tertiary/aromatic N) is 2. The number of esters is 1. The van der Waals surface area contributed by atoms with Crippen molar-refractivity contribution in [2.24, 2.45) is 5.73 Å². The van der Waals surface area contributed by atoms with E-state index in [-0.39, 0.29) is 5.97 Å². The van der Waals surface area contributed by atoms with E-state index in [4.69, 9.17) is 10.5 Å². The van der Waals surface area contributed by atoms with Crippen molar-refractivity contribution in [2.45, 2.75) is 19.0 Å². The van der Waals surface area contributed by atoms with Gasteiger partial charge in [-0.25, -0.2) is 0 Å². The van der Waals surface area contributed by atoms with Crippen LogP contribution >= 0.6 is 15.9 Å². The van der Waals surface area contributed by atoms with Crippen LogP contribution in [0.2, 0.25) is 0 Å². The van der Waals surface area contributed by atoms with Crippen LogP contribution in [0.1, 0.15) is 11.1 Å². The first-order valence-corrected chi connectivity index (χ1v) is 9.99. The average molecular weight is 432 g/mol. The fourth-order valence-corrected chi connectivity index (χ4v) is 3.90. The highest BCUT2D eigenvalue weighted by molar-refractivity contribution is 9.10. The topological polar surface area (TPSA) is 58.8 Å². The summed E-state index contributed by atoms with van der Waals surface area (Å²) in [5.41, 5.74) is 9.44. The van der Waals surface area contributed by atoms with Gasteiger partial charge in [0.15, 0.2) is 0 Å². The Hall–Kier alpha value is -1.89. The molecule has 144 valence electrons. The Balaban J connectivity index is 1.56. The van der Waals surface area contributed by atoms with Crippen LogP contribution in [0, 0.1) is 0 Å². The van der Waals surface area contributed by atoms with Gasteiger partial charge in [0, 0.05) is 42.9 Å². The highest BCUT2D eigenvalue weighted by Crippen LogP contribution is 2.26. The predicted octanol–water partition coefficient (Wildman–Crippen LogP) is 2.81. The van der Waals surface area contributed by atoms with Gasteiger partial charge in [0.05, 0.1) is 7.11 Å². The molecule has 27 heavy (non-hydrogen) atoms. The van der Waals surface area contributed by atoms with E-state index in [1.54, 1.807) is 0 Å². The second-order valence-electron chi connectivity index (χ2n) is 6.86. The lowest BCUT2D eigenvalue weighted by atomic mass is 10.1. The number of nitrogens with two attached hydrogens (primary N) is 1. The number of ether oxygens (including phenoxy) is 1. The van der Waals surface area contributed by atoms with Crippen LogP contribution in [0.15, 0.2) is 53.0 Å². The zero-order valence-corrected chi connectivity index (χ0v) is 17.2. The van der Waals surface area contributed by atoms with Gasteiger partial charge in [-0.15, -0.1) is 0 Å². The normalized spacial score (nSPS) is 16.2. The van der Waals surface area contributed by atoms with E-state index in [1.165, 1.54) is 18.4 Å². The zero-order chi connectivity index (χ0) is 19.2. The maximum absolute atomic E-state index is 11.5. The molecule has 1 aliphatic heterocycles. The predicted molar refractivity (Wildman–Crippen MR) is 112 cm³/mol. The maximum atomic E-state index is 11.5. The number of carbonyl (C=O) groups excluding carboxylic acids is 1. The summed E-state index contributed by atoms with van der Waals surface area (Å²) in [5.74, 6) is -0.388. The molecule has 2 aromatic carbocycles. The second-order valence-corrected chi connectivity index (χ2v) is 7.71. The molecule has 1 saturated heterocycles. The Morgan fingerprint density at radius 2 is 1.85 bits per heavy atom. The first kappa shape index (κ1) is 19.9. The van der Waals surface area contributed by atoms with Gasteiger partial charge in [0.1, 0.15) is 6.04 Å². The van der Waals surface area contributed by atoms with E-state index in [2.05, 4.69) is 68.2 Å². The van der Waals surface area contributed by atoms with Gasteiger partial charge in [-0.1, -0.05) is 52.3 Å². The number of hydrogen-bond donors (Lipinski definition) is 1. The molecule has 6 heteroatoms. The lowest BCUT2D eigenvalue weighted by Crippen LogP contribution is -2.46. The molecule has 0 saturated carbocycles. The SMILES string of the molecule is COC(=O)C(N)Cc1ccc(N2CCN(Cc3ccccc3)CC2)cc1Br. The lowest BCUT2D eigenvalue weighted by molar-refractivity contribution is -0.142. The molecule has 0 radical (unpaired) electrons. The van der Waals surface area contributed by atoms with Crippen molar-refractivity contribution in [1.29, 1.82) is 0 Å². The summed E-state index contributed by atoms with van der Waals surface area (Å²) in [7, 11) is 1.36. The van der Waals surface area contributed by atoms with Crippen molar-refractivity contribution in [3.8, 4) is 0 Å². The van der Waals surface area contributed by atoms with Gasteiger partial charge in [-0.05, 0) is 29.7 Å². The van der Waals surface area contributed by atoms with Gasteiger partial charge >= 0.3 is 5.97 Å². The standard InChI is InChI=1S/C21H26BrN3O2/c1-27-21(26)20(23)13-17-7-8-18(14-19(17)22)25-11-9-24(10-12-25)15-16-5-3-2-4-6-16/h2-8,14,20H,9-13,15,23H2,1H3. The van der Waals surface area contributed by atoms with E-state index in [9.17, 15) is 4.79 Å². The van der Waals surface area contributed by atoms with Crippen LogP contribution in [0.4, 0.5) is 5.69 Å². The monoisotopic (exact) mass is 431 g/mol. The maximum Gasteiger partial charge on any atom is 0.322 e. The third-order valence-electron chi connectivity index (χ3n) is 4.97. The summed E-state index contributed by atoms with van der Waals surface area (Å²) in [4.78, 5) is 16.4. The number of anilines is 1. The van der Waals surface area contributed by atoms with Crippen molar-refractivity contribution in [3.63, 3.8) is 0 Å². The molecular formula is C21H26BrN3O2. The average Bonchev–Trinajstić information content (AvgIpc) is 2.70. The second kappa shape index (κ2) is 9.35. The molecule has 3 rings (SSSR count). The van der Waals surface area contributed by atoms with Crippen molar-refractivity contribution < 1.29 is 9.53 Å². The van der Waals surface area contributed by atoms with E-state index in [0.717, 1.165) is 42.8 Å². The number of rotatable bonds is 6. The molecule has 1 fully saturated rings. The first-order chi connectivity index (χ1) is 13.1. The molecule has 0 bridgehead atoms. The lowest BCUT2D eigenvalue weighted by Gasteiger charge is -2.36. The number of hydrogen-bond acceptors (Lipinski definition) is 5. The van der Waals surface area contributed by atoms with Gasteiger partial charge in [0.2, 0.25) is 0 Å². The largest absolute Gasteiger partial charge is 0.468 e. The molecule has 1 heterocycles. The molecule has 0 aromatic heterocycles. The van der Waals surface area contributed by atoms with E-state index >= 15 is 0 Å². The highest BCUT2D eigenvalue weighted by atomic mass is 79.9. The van der Waals surface area contributed by atoms with Crippen LogP contribution < -0.4 is 10.6 Å². The minimum Gasteiger partial charge on any atom is -0.468 e. The Kier molecular flexibility index (Phi) is 6.88. The van der Waals surface area contributed by atoms with E-state index < -0.39 is 6.04 Å². The summed E-state index contributed by atoms with van der Waals surface area (Å²) in [5, 5.41) is 0. The molecule has 2 aromatic rings. The van der Waals surface area contributed by atoms with E-state index in [0.29, 0.717) is 6.42 Å². The van der Waals surface area contributed by atoms with Gasteiger partial charge in [-0.2, -0.15) is 0 Å². The summed E-state index contributed by atoms with van der Waals surface area (Å²) >= 11 is 3.62. The minimum atomic E-state index is -0.640. The van der Waals surface area contributed by atoms with Crippen LogP contribution in [0.5, 0.6) is 0 Å². The van der Waals surface area contributed by atoms with Crippen LogP contribution in [0.25, 0.3) is 0 Å². The molecule has 0 amide bonds. The Bertz CT molecular complexity index is 761. The fourth-order valence-electron chi connectivity index (χ4n) is 3.38. The molecule has 0 aliphatic carbocycles. The van der Waals surface area contributed by atoms with E-state index in [1.807, 2.05) is 6.07 Å². The number of halogens is 1. The zero-order valence-electron chi connectivity index (χ0n) is 15.6. The summed E-state index contributed by atoms with van der Waals surface area (Å²) in [6.07, 6.45) is 0.457. The van der Waals surface area contributed by atoms with Crippen LogP contribution in [0.3, 0.4) is 0 Å². The third kappa shape index (κ3) is 5.31. The van der Waals surface area contributed by atoms with Crippen molar-refractivity contribution in [1.82, 2.24) is 4.90 Å². The number of methoxy groups -OCH3 is 1. The highest BCUT2D eigenvalue weighted by Gasteiger charge is 2.19. The smallest absolute Gasteiger partial charge is 0.322 e. The van der Waals surface area contributed by atoms with Crippen LogP contribution in [-0.2, 0) is 22.5 Å².